The van der Waals surface area contributed by atoms with Crippen molar-refractivity contribution < 1.29 is 4.79 Å². The number of rotatable bonds is 4. The van der Waals surface area contributed by atoms with Gasteiger partial charge in [-0.2, -0.15) is 5.10 Å². The Hall–Kier alpha value is -2.68. The van der Waals surface area contributed by atoms with E-state index in [0.29, 0.717) is 5.02 Å². The number of carbonyl (C=O) groups excluding carboxylic acids is 1. The second-order valence-electron chi connectivity index (χ2n) is 8.27. The molecule has 3 heterocycles. The molecule has 0 radical (unpaired) electrons. The zero-order valence-electron chi connectivity index (χ0n) is 17.9. The number of fused-ring (bicyclic) bond motifs is 3. The molecular formula is C23H25ClN6OS. The normalized spacial score (nSPS) is 23.5. The number of halogens is 1. The summed E-state index contributed by atoms with van der Waals surface area (Å²) in [4.78, 5) is 14.5. The lowest BCUT2D eigenvalue weighted by Crippen LogP contribution is -2.54. The predicted molar refractivity (Wildman–Crippen MR) is 130 cm³/mol. The van der Waals surface area contributed by atoms with E-state index in [2.05, 4.69) is 69.4 Å². The van der Waals surface area contributed by atoms with E-state index in [4.69, 9.17) is 11.6 Å². The van der Waals surface area contributed by atoms with Crippen molar-refractivity contribution >= 4 is 40.1 Å². The molecule has 0 aromatic heterocycles. The topological polar surface area (TPSA) is 72.0 Å². The lowest BCUT2D eigenvalue weighted by atomic mass is 9.95. The largest absolute Gasteiger partial charge is 0.325 e. The average molecular weight is 469 g/mol. The van der Waals surface area contributed by atoms with Crippen LogP contribution in [0.1, 0.15) is 29.2 Å². The minimum absolute atomic E-state index is 0.0319. The van der Waals surface area contributed by atoms with E-state index in [1.54, 1.807) is 24.3 Å². The average Bonchev–Trinajstić information content (AvgIpc) is 3.39. The summed E-state index contributed by atoms with van der Waals surface area (Å²) in [6, 6.07) is 14.2. The third-order valence-corrected chi connectivity index (χ3v) is 7.19. The lowest BCUT2D eigenvalue weighted by molar-refractivity contribution is -0.113. The first-order chi connectivity index (χ1) is 15.5. The number of carbonyl (C=O) groups is 1. The summed E-state index contributed by atoms with van der Waals surface area (Å²) in [6.45, 7) is 4.29. The molecule has 3 atom stereocenters. The van der Waals surface area contributed by atoms with E-state index in [0.717, 1.165) is 17.3 Å². The number of hydrazine groups is 1. The van der Waals surface area contributed by atoms with Gasteiger partial charge < -0.3 is 15.2 Å². The van der Waals surface area contributed by atoms with Crippen LogP contribution >= 0.6 is 23.4 Å². The third-order valence-electron chi connectivity index (χ3n) is 5.98. The second kappa shape index (κ2) is 8.69. The van der Waals surface area contributed by atoms with Gasteiger partial charge in [-0.3, -0.25) is 10.2 Å². The molecule has 1 fully saturated rings. The zero-order valence-corrected chi connectivity index (χ0v) is 19.5. The van der Waals surface area contributed by atoms with Crippen LogP contribution in [-0.4, -0.2) is 38.9 Å². The first-order valence-corrected chi connectivity index (χ1v) is 11.9. The first kappa shape index (κ1) is 21.2. The van der Waals surface area contributed by atoms with E-state index in [9.17, 15) is 4.79 Å². The van der Waals surface area contributed by atoms with E-state index >= 15 is 0 Å². The molecule has 0 bridgehead atoms. The maximum atomic E-state index is 12.4. The number of hydrogen-bond acceptors (Lipinski definition) is 7. The summed E-state index contributed by atoms with van der Waals surface area (Å²) in [5.41, 5.74) is 11.5. The molecule has 32 heavy (non-hydrogen) atoms. The molecule has 1 saturated heterocycles. The number of nitrogens with one attached hydrogen (secondary N) is 3. The summed E-state index contributed by atoms with van der Waals surface area (Å²) in [5.74, 6) is 0.196. The molecule has 5 rings (SSSR count). The number of hydrazone groups is 1. The fourth-order valence-corrected chi connectivity index (χ4v) is 5.25. The zero-order chi connectivity index (χ0) is 22.2. The molecule has 9 heteroatoms. The van der Waals surface area contributed by atoms with Crippen LogP contribution in [0.3, 0.4) is 0 Å². The molecule has 1 amide bonds. The Labute approximate surface area is 196 Å². The van der Waals surface area contributed by atoms with Gasteiger partial charge in [-0.1, -0.05) is 47.1 Å². The maximum absolute atomic E-state index is 12.4. The van der Waals surface area contributed by atoms with Crippen LogP contribution in [0, 0.1) is 13.8 Å². The highest BCUT2D eigenvalue weighted by atomic mass is 35.5. The molecule has 3 aliphatic rings. The molecule has 0 aliphatic carbocycles. The molecule has 3 N–H and O–H groups in total. The number of anilines is 1. The van der Waals surface area contributed by atoms with Gasteiger partial charge in [0.1, 0.15) is 6.17 Å². The summed E-state index contributed by atoms with van der Waals surface area (Å²) in [7, 11) is 0. The van der Waals surface area contributed by atoms with Gasteiger partial charge in [-0.15, -0.1) is 0 Å². The molecular weight excluding hydrogens is 444 g/mol. The number of hydrogen-bond donors (Lipinski definition) is 3. The van der Waals surface area contributed by atoms with Crippen molar-refractivity contribution in [1.29, 1.82) is 0 Å². The smallest absolute Gasteiger partial charge is 0.234 e. The van der Waals surface area contributed by atoms with Crippen LogP contribution < -0.4 is 16.2 Å². The minimum Gasteiger partial charge on any atom is -0.325 e. The van der Waals surface area contributed by atoms with Gasteiger partial charge >= 0.3 is 0 Å². The van der Waals surface area contributed by atoms with Crippen LogP contribution in [0.25, 0.3) is 0 Å². The lowest BCUT2D eigenvalue weighted by Gasteiger charge is -2.36. The number of nitrogens with zero attached hydrogens (tertiary/aromatic N) is 3. The van der Waals surface area contributed by atoms with E-state index < -0.39 is 0 Å². The Morgan fingerprint density at radius 3 is 2.84 bits per heavy atom. The van der Waals surface area contributed by atoms with Crippen molar-refractivity contribution in [3.05, 3.63) is 76.6 Å². The van der Waals surface area contributed by atoms with Crippen LogP contribution in [0.5, 0.6) is 0 Å². The fourth-order valence-electron chi connectivity index (χ4n) is 4.35. The molecule has 166 valence electrons. The Balaban J connectivity index is 1.20. The third kappa shape index (κ3) is 4.18. The Morgan fingerprint density at radius 2 is 2.03 bits per heavy atom. The quantitative estimate of drug-likeness (QED) is 0.631. The van der Waals surface area contributed by atoms with Gasteiger partial charge in [0.05, 0.1) is 17.8 Å². The Morgan fingerprint density at radius 1 is 1.22 bits per heavy atom. The maximum Gasteiger partial charge on any atom is 0.234 e. The molecule has 3 aliphatic heterocycles. The Bertz CT molecular complexity index is 1090. The Kier molecular flexibility index (Phi) is 5.75. The second-order valence-corrected chi connectivity index (χ2v) is 9.65. The van der Waals surface area contributed by atoms with Crippen LogP contribution in [0.2, 0.25) is 5.02 Å². The van der Waals surface area contributed by atoms with Crippen molar-refractivity contribution in [3.8, 4) is 0 Å². The van der Waals surface area contributed by atoms with Crippen molar-refractivity contribution in [2.75, 3.05) is 11.1 Å². The SMILES string of the molecule is Cc1ccc(C)c(C2CC3C4NN=C(SCC(=O)Nc5ccc(Cl)cc5)N4C=CN3N2)c1. The van der Waals surface area contributed by atoms with Gasteiger partial charge in [0.2, 0.25) is 5.91 Å². The van der Waals surface area contributed by atoms with E-state index in [1.807, 2.05) is 6.20 Å². The van der Waals surface area contributed by atoms with Gasteiger partial charge in [0.15, 0.2) is 5.17 Å². The van der Waals surface area contributed by atoms with Crippen molar-refractivity contribution in [2.45, 2.75) is 38.5 Å². The highest BCUT2D eigenvalue weighted by molar-refractivity contribution is 8.14. The van der Waals surface area contributed by atoms with Crippen LogP contribution in [-0.2, 0) is 4.79 Å². The number of aryl methyl sites for hydroxylation is 2. The van der Waals surface area contributed by atoms with Crippen LogP contribution in [0.15, 0.2) is 60.0 Å². The number of benzene rings is 2. The summed E-state index contributed by atoms with van der Waals surface area (Å²) in [5, 5.41) is 11.0. The number of amides is 1. The summed E-state index contributed by atoms with van der Waals surface area (Å²) < 4.78 is 0. The van der Waals surface area contributed by atoms with Crippen LogP contribution in [0.4, 0.5) is 5.69 Å². The van der Waals surface area contributed by atoms with E-state index in [1.165, 1.54) is 28.5 Å². The standard InChI is InChI=1S/C23H25ClN6OS/c1-14-3-4-15(2)18(11-14)19-12-20-22-26-27-23(29(22)9-10-30(20)28-19)32-13-21(31)25-17-7-5-16(24)6-8-17/h3-11,19-20,22,26,28H,12-13H2,1-2H3,(H,25,31). The number of amidine groups is 1. The van der Waals surface area contributed by atoms with Crippen molar-refractivity contribution in [2.24, 2.45) is 5.10 Å². The highest BCUT2D eigenvalue weighted by Crippen LogP contribution is 2.36. The molecule has 3 unspecified atom stereocenters. The molecule has 2 aromatic carbocycles. The molecule has 7 nitrogen and oxygen atoms in total. The molecule has 0 saturated carbocycles. The van der Waals surface area contributed by atoms with Gasteiger partial charge in [0.25, 0.3) is 0 Å². The summed E-state index contributed by atoms with van der Waals surface area (Å²) >= 11 is 7.32. The summed E-state index contributed by atoms with van der Waals surface area (Å²) in [6.07, 6.45) is 5.07. The fraction of sp³-hybridized carbons (Fsp3) is 0.304. The molecule has 0 spiro atoms. The highest BCUT2D eigenvalue weighted by Gasteiger charge is 2.44. The van der Waals surface area contributed by atoms with Crippen molar-refractivity contribution in [1.82, 2.24) is 20.8 Å². The number of thioether (sulfide) groups is 1. The first-order valence-electron chi connectivity index (χ1n) is 10.6. The van der Waals surface area contributed by atoms with Gasteiger partial charge in [0, 0.05) is 23.1 Å². The van der Waals surface area contributed by atoms with Gasteiger partial charge in [-0.25, -0.2) is 5.43 Å². The minimum atomic E-state index is -0.0800. The van der Waals surface area contributed by atoms with Gasteiger partial charge in [-0.05, 0) is 55.7 Å². The monoisotopic (exact) mass is 468 g/mol. The van der Waals surface area contributed by atoms with E-state index in [-0.39, 0.29) is 29.9 Å². The van der Waals surface area contributed by atoms with Crippen molar-refractivity contribution in [3.63, 3.8) is 0 Å². The molecule has 2 aromatic rings. The predicted octanol–water partition coefficient (Wildman–Crippen LogP) is 3.94.